The van der Waals surface area contributed by atoms with E-state index >= 15 is 0 Å². The van der Waals surface area contributed by atoms with Gasteiger partial charge in [-0.3, -0.25) is 4.98 Å². The molecule has 0 amide bonds. The summed E-state index contributed by atoms with van der Waals surface area (Å²) in [5.74, 6) is 0.319. The van der Waals surface area contributed by atoms with Gasteiger partial charge in [0.15, 0.2) is 0 Å². The number of aryl methyl sites for hydroxylation is 1. The maximum Gasteiger partial charge on any atom is 0.126 e. The van der Waals surface area contributed by atoms with E-state index in [2.05, 4.69) is 4.98 Å². The Hall–Kier alpha value is -2.46. The van der Waals surface area contributed by atoms with Crippen molar-refractivity contribution < 1.29 is 9.13 Å². The van der Waals surface area contributed by atoms with Crippen molar-refractivity contribution in [3.8, 4) is 16.9 Å². The zero-order chi connectivity index (χ0) is 15.7. The van der Waals surface area contributed by atoms with E-state index in [9.17, 15) is 4.39 Å². The molecule has 3 rings (SSSR count). The predicted octanol–water partition coefficient (Wildman–Crippen LogP) is 3.82. The molecule has 0 fully saturated rings. The fourth-order valence-electron chi connectivity index (χ4n) is 2.84. The first kappa shape index (κ1) is 14.5. The number of halogens is 1. The lowest BCUT2D eigenvalue weighted by atomic mass is 9.95. The monoisotopic (exact) mass is 296 g/mol. The first-order valence-electron chi connectivity index (χ1n) is 7.08. The summed E-state index contributed by atoms with van der Waals surface area (Å²) in [6.45, 7) is 2.27. The summed E-state index contributed by atoms with van der Waals surface area (Å²) in [4.78, 5) is 4.60. The molecule has 4 heteroatoms. The maximum atomic E-state index is 13.8. The van der Waals surface area contributed by atoms with Gasteiger partial charge in [0.1, 0.15) is 11.6 Å². The minimum atomic E-state index is -0.304. The van der Waals surface area contributed by atoms with Gasteiger partial charge in [-0.15, -0.1) is 0 Å². The molecule has 0 saturated heterocycles. The number of nitrogens with zero attached hydrogens (tertiary/aromatic N) is 1. The lowest BCUT2D eigenvalue weighted by Crippen LogP contribution is -2.04. The number of benzene rings is 2. The van der Waals surface area contributed by atoms with Crippen LogP contribution in [-0.4, -0.2) is 12.1 Å². The molecule has 0 unspecified atom stereocenters. The highest BCUT2D eigenvalue weighted by molar-refractivity contribution is 6.00. The Kier molecular flexibility index (Phi) is 3.77. The summed E-state index contributed by atoms with van der Waals surface area (Å²) in [5, 5.41) is 1.98. The Morgan fingerprint density at radius 2 is 1.86 bits per heavy atom. The Morgan fingerprint density at radius 3 is 2.55 bits per heavy atom. The number of aromatic nitrogens is 1. The standard InChI is InChI=1S/C18H17FN2O/c1-11-18(15-9-12(19)7-8-17(15)22-2)14-6-4-3-5-13(14)16(10-20)21-11/h3-9H,10,20H2,1-2H3. The van der Waals surface area contributed by atoms with Crippen LogP contribution in [0, 0.1) is 12.7 Å². The maximum absolute atomic E-state index is 13.8. The summed E-state index contributed by atoms with van der Waals surface area (Å²) < 4.78 is 19.1. The first-order chi connectivity index (χ1) is 10.7. The van der Waals surface area contributed by atoms with E-state index in [0.29, 0.717) is 17.9 Å². The Labute approximate surface area is 128 Å². The SMILES string of the molecule is COc1ccc(F)cc1-c1c(C)nc(CN)c2ccccc12. The molecule has 1 aromatic heterocycles. The van der Waals surface area contributed by atoms with Crippen LogP contribution in [0.3, 0.4) is 0 Å². The summed E-state index contributed by atoms with van der Waals surface area (Å²) >= 11 is 0. The van der Waals surface area contributed by atoms with Gasteiger partial charge in [-0.25, -0.2) is 4.39 Å². The highest BCUT2D eigenvalue weighted by atomic mass is 19.1. The number of hydrogen-bond donors (Lipinski definition) is 1. The third kappa shape index (κ3) is 2.31. The van der Waals surface area contributed by atoms with Crippen molar-refractivity contribution in [2.75, 3.05) is 7.11 Å². The van der Waals surface area contributed by atoms with Gasteiger partial charge in [-0.2, -0.15) is 0 Å². The number of fused-ring (bicyclic) bond motifs is 1. The van der Waals surface area contributed by atoms with E-state index < -0.39 is 0 Å². The average Bonchev–Trinajstić information content (AvgIpc) is 2.54. The molecule has 0 atom stereocenters. The molecule has 3 nitrogen and oxygen atoms in total. The number of methoxy groups -OCH3 is 1. The number of ether oxygens (including phenoxy) is 1. The van der Waals surface area contributed by atoms with Crippen molar-refractivity contribution in [1.29, 1.82) is 0 Å². The Morgan fingerprint density at radius 1 is 1.14 bits per heavy atom. The Balaban J connectivity index is 2.42. The quantitative estimate of drug-likeness (QED) is 0.799. The van der Waals surface area contributed by atoms with Crippen LogP contribution in [0.15, 0.2) is 42.5 Å². The first-order valence-corrected chi connectivity index (χ1v) is 7.08. The van der Waals surface area contributed by atoms with Crippen LogP contribution >= 0.6 is 0 Å². The van der Waals surface area contributed by atoms with Crippen molar-refractivity contribution in [2.24, 2.45) is 5.73 Å². The molecule has 0 saturated carbocycles. The van der Waals surface area contributed by atoms with E-state index in [4.69, 9.17) is 10.5 Å². The molecule has 0 aliphatic rings. The lowest BCUT2D eigenvalue weighted by Gasteiger charge is -2.15. The highest BCUT2D eigenvalue weighted by Gasteiger charge is 2.16. The van der Waals surface area contributed by atoms with Crippen LogP contribution in [0.4, 0.5) is 4.39 Å². The van der Waals surface area contributed by atoms with Gasteiger partial charge in [-0.05, 0) is 30.5 Å². The summed E-state index contributed by atoms with van der Waals surface area (Å²) in [5.41, 5.74) is 9.03. The second kappa shape index (κ2) is 5.73. The zero-order valence-corrected chi connectivity index (χ0v) is 12.6. The molecule has 112 valence electrons. The second-order valence-electron chi connectivity index (χ2n) is 5.11. The van der Waals surface area contributed by atoms with E-state index in [1.165, 1.54) is 12.1 Å². The fourth-order valence-corrected chi connectivity index (χ4v) is 2.84. The molecule has 0 bridgehead atoms. The van der Waals surface area contributed by atoms with Gasteiger partial charge in [0.05, 0.1) is 12.8 Å². The van der Waals surface area contributed by atoms with Crippen molar-refractivity contribution in [2.45, 2.75) is 13.5 Å². The van der Waals surface area contributed by atoms with Crippen molar-refractivity contribution in [3.63, 3.8) is 0 Å². The minimum Gasteiger partial charge on any atom is -0.496 e. The van der Waals surface area contributed by atoms with Gasteiger partial charge in [0.25, 0.3) is 0 Å². The number of pyridine rings is 1. The van der Waals surface area contributed by atoms with Crippen LogP contribution in [0.5, 0.6) is 5.75 Å². The van der Waals surface area contributed by atoms with Crippen LogP contribution in [0.25, 0.3) is 21.9 Å². The third-order valence-electron chi connectivity index (χ3n) is 3.80. The average molecular weight is 296 g/mol. The zero-order valence-electron chi connectivity index (χ0n) is 12.6. The minimum absolute atomic E-state index is 0.304. The van der Waals surface area contributed by atoms with E-state index in [1.54, 1.807) is 13.2 Å². The summed E-state index contributed by atoms with van der Waals surface area (Å²) in [6, 6.07) is 12.4. The molecule has 2 aromatic carbocycles. The number of nitrogens with two attached hydrogens (primary N) is 1. The van der Waals surface area contributed by atoms with Gasteiger partial charge < -0.3 is 10.5 Å². The predicted molar refractivity (Wildman–Crippen MR) is 86.3 cm³/mol. The van der Waals surface area contributed by atoms with Crippen molar-refractivity contribution in [3.05, 3.63) is 59.7 Å². The topological polar surface area (TPSA) is 48.1 Å². The largest absolute Gasteiger partial charge is 0.496 e. The van der Waals surface area contributed by atoms with Crippen LogP contribution < -0.4 is 10.5 Å². The lowest BCUT2D eigenvalue weighted by molar-refractivity contribution is 0.415. The van der Waals surface area contributed by atoms with Gasteiger partial charge >= 0.3 is 0 Å². The van der Waals surface area contributed by atoms with Crippen molar-refractivity contribution in [1.82, 2.24) is 4.98 Å². The van der Waals surface area contributed by atoms with E-state index in [-0.39, 0.29) is 5.82 Å². The van der Waals surface area contributed by atoms with Crippen molar-refractivity contribution >= 4 is 10.8 Å². The normalized spacial score (nSPS) is 10.9. The molecule has 0 spiro atoms. The van der Waals surface area contributed by atoms with E-state index in [1.807, 2.05) is 31.2 Å². The van der Waals surface area contributed by atoms with Crippen LogP contribution in [-0.2, 0) is 6.54 Å². The summed E-state index contributed by atoms with van der Waals surface area (Å²) in [6.07, 6.45) is 0. The van der Waals surface area contributed by atoms with E-state index in [0.717, 1.165) is 27.7 Å². The molecular formula is C18H17FN2O. The number of hydrogen-bond acceptors (Lipinski definition) is 3. The molecular weight excluding hydrogens is 279 g/mol. The molecule has 0 radical (unpaired) electrons. The fraction of sp³-hybridized carbons (Fsp3) is 0.167. The summed E-state index contributed by atoms with van der Waals surface area (Å²) in [7, 11) is 1.58. The third-order valence-corrected chi connectivity index (χ3v) is 3.80. The smallest absolute Gasteiger partial charge is 0.126 e. The molecule has 22 heavy (non-hydrogen) atoms. The second-order valence-corrected chi connectivity index (χ2v) is 5.11. The van der Waals surface area contributed by atoms with Crippen LogP contribution in [0.2, 0.25) is 0 Å². The molecule has 0 aliphatic carbocycles. The molecule has 1 heterocycles. The molecule has 0 aliphatic heterocycles. The highest BCUT2D eigenvalue weighted by Crippen LogP contribution is 2.37. The van der Waals surface area contributed by atoms with Crippen LogP contribution in [0.1, 0.15) is 11.4 Å². The van der Waals surface area contributed by atoms with Gasteiger partial charge in [0, 0.05) is 28.8 Å². The molecule has 2 N–H and O–H groups in total. The number of rotatable bonds is 3. The molecule has 3 aromatic rings. The Bertz CT molecular complexity index is 846. The van der Waals surface area contributed by atoms with Gasteiger partial charge in [-0.1, -0.05) is 24.3 Å². The van der Waals surface area contributed by atoms with Gasteiger partial charge in [0.2, 0.25) is 0 Å².